The maximum Gasteiger partial charge on any atom is 0.410 e. The van der Waals surface area contributed by atoms with Crippen molar-refractivity contribution >= 4 is 12.0 Å². The molecule has 0 unspecified atom stereocenters. The van der Waals surface area contributed by atoms with Crippen LogP contribution in [0.4, 0.5) is 4.79 Å². The van der Waals surface area contributed by atoms with Crippen LogP contribution in [0.25, 0.3) is 0 Å². The number of β-amino-alcohol motifs (C(OH)–C–C–N with tert-alkyl or cyclic N) is 1. The summed E-state index contributed by atoms with van der Waals surface area (Å²) in [5.41, 5.74) is 1.68. The monoisotopic (exact) mass is 455 g/mol. The molecule has 0 aliphatic carbocycles. The average molecular weight is 456 g/mol. The van der Waals surface area contributed by atoms with Crippen molar-refractivity contribution in [1.29, 1.82) is 0 Å². The number of rotatable bonds is 7. The summed E-state index contributed by atoms with van der Waals surface area (Å²) in [5.74, 6) is 0.169. The maximum absolute atomic E-state index is 12.8. The number of hydrogen-bond donors (Lipinski definition) is 2. The lowest BCUT2D eigenvalue weighted by Gasteiger charge is -2.23. The third kappa shape index (κ3) is 6.43. The summed E-state index contributed by atoms with van der Waals surface area (Å²) in [6, 6.07) is 12.1. The van der Waals surface area contributed by atoms with Crippen LogP contribution in [0.3, 0.4) is 0 Å². The zero-order valence-electron chi connectivity index (χ0n) is 18.4. The lowest BCUT2D eigenvalue weighted by molar-refractivity contribution is -0.125. The van der Waals surface area contributed by atoms with Crippen molar-refractivity contribution in [3.63, 3.8) is 0 Å². The van der Waals surface area contributed by atoms with Gasteiger partial charge in [0.15, 0.2) is 0 Å². The van der Waals surface area contributed by atoms with Gasteiger partial charge in [-0.15, -0.1) is 0 Å². The SMILES string of the molecule is O=C(NCc1ccnc(OC2CCOCC2)c1)[C@@H]1C[C@@H](O)CN1C(=O)OCc1ccccc1. The molecule has 33 heavy (non-hydrogen) atoms. The maximum atomic E-state index is 12.8. The first-order chi connectivity index (χ1) is 16.1. The minimum absolute atomic E-state index is 0.0596. The second-order valence-electron chi connectivity index (χ2n) is 8.25. The van der Waals surface area contributed by atoms with Gasteiger partial charge in [-0.3, -0.25) is 9.69 Å². The summed E-state index contributed by atoms with van der Waals surface area (Å²) >= 11 is 0. The molecule has 0 radical (unpaired) electrons. The molecule has 1 aromatic heterocycles. The number of carbonyl (C=O) groups is 2. The van der Waals surface area contributed by atoms with Crippen LogP contribution >= 0.6 is 0 Å². The van der Waals surface area contributed by atoms with Gasteiger partial charge in [-0.1, -0.05) is 30.3 Å². The summed E-state index contributed by atoms with van der Waals surface area (Å²) in [7, 11) is 0. The molecule has 176 valence electrons. The van der Waals surface area contributed by atoms with Crippen molar-refractivity contribution in [1.82, 2.24) is 15.2 Å². The Morgan fingerprint density at radius 3 is 2.73 bits per heavy atom. The molecule has 0 spiro atoms. The Labute approximate surface area is 192 Å². The standard InChI is InChI=1S/C24H29N3O6/c28-19-13-21(27(15-19)24(30)32-16-17-4-2-1-3-5-17)23(29)26-14-18-6-9-25-22(12-18)33-20-7-10-31-11-8-20/h1-6,9,12,19-21,28H,7-8,10-11,13-16H2,(H,26,29)/t19-,21+/m1/s1. The topological polar surface area (TPSA) is 110 Å². The van der Waals surface area contributed by atoms with E-state index in [0.29, 0.717) is 19.1 Å². The van der Waals surface area contributed by atoms with Gasteiger partial charge in [0, 0.05) is 38.1 Å². The van der Waals surface area contributed by atoms with Gasteiger partial charge in [-0.2, -0.15) is 0 Å². The molecule has 2 amide bonds. The fourth-order valence-electron chi connectivity index (χ4n) is 3.96. The molecular weight excluding hydrogens is 426 g/mol. The van der Waals surface area contributed by atoms with E-state index < -0.39 is 18.2 Å². The fourth-order valence-corrected chi connectivity index (χ4v) is 3.96. The molecule has 2 aliphatic rings. The number of nitrogens with one attached hydrogen (secondary N) is 1. The zero-order valence-corrected chi connectivity index (χ0v) is 18.4. The number of benzene rings is 1. The Kier molecular flexibility index (Phi) is 7.74. The van der Waals surface area contributed by atoms with E-state index in [-0.39, 0.29) is 38.1 Å². The molecule has 9 nitrogen and oxygen atoms in total. The molecule has 2 aromatic rings. The van der Waals surface area contributed by atoms with E-state index in [1.165, 1.54) is 4.90 Å². The summed E-state index contributed by atoms with van der Waals surface area (Å²) in [6.07, 6.45) is 2.14. The first kappa shape index (κ1) is 23.0. The average Bonchev–Trinajstić information content (AvgIpc) is 3.24. The molecule has 2 atom stereocenters. The van der Waals surface area contributed by atoms with Gasteiger partial charge in [0.2, 0.25) is 11.8 Å². The van der Waals surface area contributed by atoms with Gasteiger partial charge in [0.25, 0.3) is 0 Å². The third-order valence-electron chi connectivity index (χ3n) is 5.74. The molecule has 0 bridgehead atoms. The van der Waals surface area contributed by atoms with Gasteiger partial charge >= 0.3 is 6.09 Å². The number of carbonyl (C=O) groups excluding carboxylic acids is 2. The molecule has 1 aromatic carbocycles. The van der Waals surface area contributed by atoms with Crippen LogP contribution in [0.5, 0.6) is 5.88 Å². The number of likely N-dealkylation sites (tertiary alicyclic amines) is 1. The summed E-state index contributed by atoms with van der Waals surface area (Å²) < 4.78 is 16.6. The van der Waals surface area contributed by atoms with E-state index >= 15 is 0 Å². The lowest BCUT2D eigenvalue weighted by atomic mass is 10.1. The van der Waals surface area contributed by atoms with Crippen LogP contribution in [0.2, 0.25) is 0 Å². The highest BCUT2D eigenvalue weighted by Crippen LogP contribution is 2.21. The summed E-state index contributed by atoms with van der Waals surface area (Å²) in [5, 5.41) is 12.9. The Bertz CT molecular complexity index is 935. The molecule has 0 saturated carbocycles. The number of amides is 2. The second kappa shape index (κ2) is 11.1. The van der Waals surface area contributed by atoms with Crippen LogP contribution < -0.4 is 10.1 Å². The highest BCUT2D eigenvalue weighted by Gasteiger charge is 2.39. The predicted octanol–water partition coefficient (Wildman–Crippen LogP) is 2.03. The van der Waals surface area contributed by atoms with Crippen molar-refractivity contribution in [2.24, 2.45) is 0 Å². The van der Waals surface area contributed by atoms with E-state index in [1.807, 2.05) is 30.3 Å². The minimum Gasteiger partial charge on any atom is -0.474 e. The minimum atomic E-state index is -0.789. The fraction of sp³-hybridized carbons (Fsp3) is 0.458. The quantitative estimate of drug-likeness (QED) is 0.657. The Balaban J connectivity index is 1.30. The number of ether oxygens (including phenoxy) is 3. The highest BCUT2D eigenvalue weighted by atomic mass is 16.6. The number of aliphatic hydroxyl groups is 1. The number of pyridine rings is 1. The van der Waals surface area contributed by atoms with E-state index in [1.54, 1.807) is 18.3 Å². The zero-order chi connectivity index (χ0) is 23.0. The van der Waals surface area contributed by atoms with Crippen LogP contribution in [0.1, 0.15) is 30.4 Å². The number of aromatic nitrogens is 1. The van der Waals surface area contributed by atoms with Gasteiger partial charge in [0.1, 0.15) is 18.8 Å². The van der Waals surface area contributed by atoms with Gasteiger partial charge in [-0.25, -0.2) is 9.78 Å². The third-order valence-corrected chi connectivity index (χ3v) is 5.74. The molecular formula is C24H29N3O6. The van der Waals surface area contributed by atoms with Crippen LogP contribution in [0.15, 0.2) is 48.7 Å². The Hall–Kier alpha value is -3.17. The number of hydrogen-bond acceptors (Lipinski definition) is 7. The van der Waals surface area contributed by atoms with Gasteiger partial charge < -0.3 is 24.6 Å². The largest absolute Gasteiger partial charge is 0.474 e. The normalized spacial score (nSPS) is 20.9. The van der Waals surface area contributed by atoms with Crippen LogP contribution in [-0.2, 0) is 27.4 Å². The highest BCUT2D eigenvalue weighted by molar-refractivity contribution is 5.86. The van der Waals surface area contributed by atoms with Gasteiger partial charge in [0.05, 0.1) is 25.9 Å². The smallest absolute Gasteiger partial charge is 0.410 e. The van der Waals surface area contributed by atoms with Crippen molar-refractivity contribution in [2.75, 3.05) is 19.8 Å². The van der Waals surface area contributed by atoms with Crippen LogP contribution in [0, 0.1) is 0 Å². The van der Waals surface area contributed by atoms with E-state index in [2.05, 4.69) is 10.3 Å². The van der Waals surface area contributed by atoms with Crippen molar-refractivity contribution in [3.05, 3.63) is 59.8 Å². The molecule has 2 fully saturated rings. The Morgan fingerprint density at radius 2 is 1.94 bits per heavy atom. The number of nitrogens with zero attached hydrogens (tertiary/aromatic N) is 2. The van der Waals surface area contributed by atoms with E-state index in [9.17, 15) is 14.7 Å². The molecule has 2 saturated heterocycles. The molecule has 4 rings (SSSR count). The second-order valence-corrected chi connectivity index (χ2v) is 8.25. The molecule has 3 heterocycles. The number of aliphatic hydroxyl groups excluding tert-OH is 1. The summed E-state index contributed by atoms with van der Waals surface area (Å²) in [4.78, 5) is 30.9. The molecule has 2 N–H and O–H groups in total. The van der Waals surface area contributed by atoms with Crippen molar-refractivity contribution in [2.45, 2.75) is 50.7 Å². The predicted molar refractivity (Wildman–Crippen MR) is 118 cm³/mol. The van der Waals surface area contributed by atoms with E-state index in [0.717, 1.165) is 24.0 Å². The first-order valence-electron chi connectivity index (χ1n) is 11.2. The molecule has 9 heteroatoms. The van der Waals surface area contributed by atoms with Crippen LogP contribution in [-0.4, -0.2) is 65.0 Å². The van der Waals surface area contributed by atoms with Gasteiger partial charge in [-0.05, 0) is 17.2 Å². The van der Waals surface area contributed by atoms with Crippen molar-refractivity contribution < 1.29 is 28.9 Å². The van der Waals surface area contributed by atoms with E-state index in [4.69, 9.17) is 14.2 Å². The summed E-state index contributed by atoms with van der Waals surface area (Å²) in [6.45, 7) is 1.78. The molecule has 2 aliphatic heterocycles. The Morgan fingerprint density at radius 1 is 1.15 bits per heavy atom. The first-order valence-corrected chi connectivity index (χ1v) is 11.2. The van der Waals surface area contributed by atoms with Crippen molar-refractivity contribution in [3.8, 4) is 5.88 Å². The lowest BCUT2D eigenvalue weighted by Crippen LogP contribution is -2.45.